The van der Waals surface area contributed by atoms with Crippen LogP contribution in [0, 0.1) is 10.8 Å². The second-order valence-corrected chi connectivity index (χ2v) is 6.95. The van der Waals surface area contributed by atoms with Crippen molar-refractivity contribution in [2.24, 2.45) is 10.8 Å². The average molecular weight is 241 g/mol. The molecule has 1 aliphatic carbocycles. The van der Waals surface area contributed by atoms with Crippen molar-refractivity contribution in [2.45, 2.75) is 72.4 Å². The normalized spacial score (nSPS) is 31.4. The van der Waals surface area contributed by atoms with Gasteiger partial charge in [-0.3, -0.25) is 0 Å². The molecule has 0 spiro atoms. The number of ether oxygens (including phenoxy) is 1. The zero-order valence-corrected chi connectivity index (χ0v) is 12.6. The third-order valence-corrected chi connectivity index (χ3v) is 4.21. The highest BCUT2D eigenvalue weighted by Crippen LogP contribution is 2.46. The van der Waals surface area contributed by atoms with Crippen LogP contribution in [0.2, 0.25) is 0 Å². The predicted octanol–water partition coefficient (Wildman–Crippen LogP) is 3.61. The van der Waals surface area contributed by atoms with Crippen LogP contribution in [0.4, 0.5) is 0 Å². The lowest BCUT2D eigenvalue weighted by molar-refractivity contribution is -0.0697. The molecular formula is C15H31NO. The lowest BCUT2D eigenvalue weighted by Gasteiger charge is -2.51. The van der Waals surface area contributed by atoms with Gasteiger partial charge in [-0.05, 0) is 37.1 Å². The lowest BCUT2D eigenvalue weighted by Crippen LogP contribution is -2.56. The van der Waals surface area contributed by atoms with Crippen LogP contribution >= 0.6 is 0 Å². The van der Waals surface area contributed by atoms with Gasteiger partial charge < -0.3 is 10.1 Å². The van der Waals surface area contributed by atoms with E-state index in [0.29, 0.717) is 23.0 Å². The smallest absolute Gasteiger partial charge is 0.0586 e. The summed E-state index contributed by atoms with van der Waals surface area (Å²) in [5, 5.41) is 3.52. The summed E-state index contributed by atoms with van der Waals surface area (Å²) in [5.74, 6) is 0. The van der Waals surface area contributed by atoms with Crippen molar-refractivity contribution < 1.29 is 4.74 Å². The first-order valence-corrected chi connectivity index (χ1v) is 7.12. The molecule has 0 aliphatic heterocycles. The van der Waals surface area contributed by atoms with Crippen molar-refractivity contribution in [1.29, 1.82) is 0 Å². The molecule has 0 radical (unpaired) electrons. The zero-order chi connectivity index (χ0) is 13.1. The van der Waals surface area contributed by atoms with E-state index < -0.39 is 0 Å². The van der Waals surface area contributed by atoms with Gasteiger partial charge in [0.05, 0.1) is 6.10 Å². The van der Waals surface area contributed by atoms with E-state index in [1.807, 2.05) is 0 Å². The van der Waals surface area contributed by atoms with Gasteiger partial charge in [0.25, 0.3) is 0 Å². The third kappa shape index (κ3) is 3.69. The van der Waals surface area contributed by atoms with Crippen LogP contribution in [0.15, 0.2) is 0 Å². The summed E-state index contributed by atoms with van der Waals surface area (Å²) in [5.41, 5.74) is 0.626. The zero-order valence-electron chi connectivity index (χ0n) is 12.6. The summed E-state index contributed by atoms with van der Waals surface area (Å²) < 4.78 is 6.06. The summed E-state index contributed by atoms with van der Waals surface area (Å²) in [4.78, 5) is 0. The number of hydrogen-bond acceptors (Lipinski definition) is 2. The number of rotatable bonds is 5. The van der Waals surface area contributed by atoms with Crippen molar-refractivity contribution in [3.8, 4) is 0 Å². The lowest BCUT2D eigenvalue weighted by atomic mass is 9.60. The number of unbranched alkanes of at least 4 members (excludes halogenated alkanes) is 1. The predicted molar refractivity (Wildman–Crippen MR) is 74.3 cm³/mol. The van der Waals surface area contributed by atoms with Gasteiger partial charge in [-0.25, -0.2) is 0 Å². The Labute approximate surface area is 108 Å². The Balaban J connectivity index is 2.63. The first-order chi connectivity index (χ1) is 7.83. The largest absolute Gasteiger partial charge is 0.378 e. The molecule has 0 aromatic carbocycles. The van der Waals surface area contributed by atoms with Crippen molar-refractivity contribution in [1.82, 2.24) is 5.32 Å². The van der Waals surface area contributed by atoms with Crippen molar-refractivity contribution in [2.75, 3.05) is 13.7 Å². The molecule has 0 aromatic rings. The quantitative estimate of drug-likeness (QED) is 0.743. The number of nitrogens with one attached hydrogen (secondary N) is 1. The second kappa shape index (κ2) is 5.71. The van der Waals surface area contributed by atoms with Crippen LogP contribution in [-0.4, -0.2) is 25.8 Å². The third-order valence-electron chi connectivity index (χ3n) is 4.21. The fourth-order valence-electron chi connectivity index (χ4n) is 3.83. The van der Waals surface area contributed by atoms with Crippen LogP contribution in [0.5, 0.6) is 0 Å². The van der Waals surface area contributed by atoms with Gasteiger partial charge in [-0.2, -0.15) is 0 Å². The van der Waals surface area contributed by atoms with E-state index in [9.17, 15) is 0 Å². The molecule has 1 fully saturated rings. The molecule has 0 aromatic heterocycles. The maximum Gasteiger partial charge on any atom is 0.0586 e. The van der Waals surface area contributed by atoms with Gasteiger partial charge in [0.2, 0.25) is 0 Å². The maximum atomic E-state index is 6.06. The van der Waals surface area contributed by atoms with E-state index in [1.54, 1.807) is 0 Å². The summed E-state index contributed by atoms with van der Waals surface area (Å²) in [6.45, 7) is 12.6. The Bertz CT molecular complexity index is 217. The van der Waals surface area contributed by atoms with Gasteiger partial charge in [0, 0.05) is 12.6 Å². The number of hydrogen-bond donors (Lipinski definition) is 1. The van der Waals surface area contributed by atoms with Gasteiger partial charge in [0.1, 0.15) is 0 Å². The molecule has 2 heteroatoms. The first-order valence-electron chi connectivity index (χ1n) is 7.12. The van der Waals surface area contributed by atoms with Gasteiger partial charge in [-0.1, -0.05) is 41.0 Å². The van der Waals surface area contributed by atoms with E-state index in [4.69, 9.17) is 4.74 Å². The Kier molecular flexibility index (Phi) is 5.03. The standard InChI is InChI=1S/C15H31NO/c1-7-8-9-17-12-10-14(2,3)13(16-6)15(4,5)11-12/h12-13,16H,7-11H2,1-6H3. The van der Waals surface area contributed by atoms with E-state index in [-0.39, 0.29) is 0 Å². The highest BCUT2D eigenvalue weighted by atomic mass is 16.5. The molecule has 0 saturated heterocycles. The highest BCUT2D eigenvalue weighted by Gasteiger charge is 2.46. The fraction of sp³-hybridized carbons (Fsp3) is 1.00. The van der Waals surface area contributed by atoms with Gasteiger partial charge in [0.15, 0.2) is 0 Å². The highest BCUT2D eigenvalue weighted by molar-refractivity contribution is 5.00. The molecule has 0 unspecified atom stereocenters. The van der Waals surface area contributed by atoms with E-state index in [2.05, 4.69) is 47.0 Å². The van der Waals surface area contributed by atoms with Crippen LogP contribution < -0.4 is 5.32 Å². The van der Waals surface area contributed by atoms with Crippen molar-refractivity contribution in [3.05, 3.63) is 0 Å². The molecule has 0 heterocycles. The molecule has 1 saturated carbocycles. The molecule has 1 rings (SSSR count). The Morgan fingerprint density at radius 2 is 1.65 bits per heavy atom. The van der Waals surface area contributed by atoms with Crippen molar-refractivity contribution in [3.63, 3.8) is 0 Å². The van der Waals surface area contributed by atoms with Gasteiger partial charge in [-0.15, -0.1) is 0 Å². The topological polar surface area (TPSA) is 21.3 Å². The Hall–Kier alpha value is -0.0800. The summed E-state index contributed by atoms with van der Waals surface area (Å²) in [7, 11) is 2.09. The van der Waals surface area contributed by atoms with Gasteiger partial charge >= 0.3 is 0 Å². The molecule has 1 aliphatic rings. The maximum absolute atomic E-state index is 6.06. The van der Waals surface area contributed by atoms with E-state index in [1.165, 1.54) is 25.7 Å². The summed E-state index contributed by atoms with van der Waals surface area (Å²) in [6.07, 6.45) is 5.19. The Morgan fingerprint density at radius 3 is 2.06 bits per heavy atom. The summed E-state index contributed by atoms with van der Waals surface area (Å²) in [6, 6.07) is 0.570. The van der Waals surface area contributed by atoms with E-state index in [0.717, 1.165) is 6.61 Å². The Morgan fingerprint density at radius 1 is 1.12 bits per heavy atom. The molecule has 2 nitrogen and oxygen atoms in total. The minimum absolute atomic E-state index is 0.313. The molecule has 0 bridgehead atoms. The molecule has 102 valence electrons. The summed E-state index contributed by atoms with van der Waals surface area (Å²) >= 11 is 0. The van der Waals surface area contributed by atoms with Crippen LogP contribution in [0.25, 0.3) is 0 Å². The fourth-order valence-corrected chi connectivity index (χ4v) is 3.83. The second-order valence-electron chi connectivity index (χ2n) is 6.95. The van der Waals surface area contributed by atoms with Crippen LogP contribution in [0.1, 0.15) is 60.3 Å². The minimum Gasteiger partial charge on any atom is -0.378 e. The average Bonchev–Trinajstić information content (AvgIpc) is 2.14. The van der Waals surface area contributed by atoms with Crippen LogP contribution in [0.3, 0.4) is 0 Å². The molecule has 1 N–H and O–H groups in total. The molecule has 0 amide bonds. The monoisotopic (exact) mass is 241 g/mol. The first kappa shape index (κ1) is 15.0. The minimum atomic E-state index is 0.313. The molecule has 0 atom stereocenters. The molecular weight excluding hydrogens is 210 g/mol. The van der Waals surface area contributed by atoms with E-state index >= 15 is 0 Å². The van der Waals surface area contributed by atoms with Crippen molar-refractivity contribution >= 4 is 0 Å². The SMILES string of the molecule is CCCCOC1CC(C)(C)C(NC)C(C)(C)C1. The molecule has 17 heavy (non-hydrogen) atoms. The van der Waals surface area contributed by atoms with Crippen LogP contribution in [-0.2, 0) is 4.74 Å².